The summed E-state index contributed by atoms with van der Waals surface area (Å²) < 4.78 is 13.0. The molecule has 3 rings (SSSR count). The number of carbonyl (C=O) groups is 1. The molecule has 21 heavy (non-hydrogen) atoms. The van der Waals surface area contributed by atoms with Gasteiger partial charge in [-0.1, -0.05) is 13.8 Å². The lowest BCUT2D eigenvalue weighted by molar-refractivity contribution is -0.145. The molecule has 0 spiro atoms. The first-order valence-corrected chi connectivity index (χ1v) is 7.77. The summed E-state index contributed by atoms with van der Waals surface area (Å²) in [5.74, 6) is 0.319. The van der Waals surface area contributed by atoms with Crippen LogP contribution in [0.15, 0.2) is 24.3 Å². The lowest BCUT2D eigenvalue weighted by Crippen LogP contribution is -2.54. The van der Waals surface area contributed by atoms with E-state index in [2.05, 4.69) is 18.7 Å². The Morgan fingerprint density at radius 1 is 1.14 bits per heavy atom. The Morgan fingerprint density at radius 2 is 1.76 bits per heavy atom. The number of amides is 1. The molecule has 0 radical (unpaired) electrons. The molecule has 1 aromatic rings. The fourth-order valence-electron chi connectivity index (χ4n) is 3.38. The van der Waals surface area contributed by atoms with Crippen molar-refractivity contribution in [3.8, 4) is 0 Å². The van der Waals surface area contributed by atoms with Crippen molar-refractivity contribution < 1.29 is 9.18 Å². The molecular weight excluding hydrogens is 267 g/mol. The van der Waals surface area contributed by atoms with Gasteiger partial charge < -0.3 is 9.80 Å². The fraction of sp³-hybridized carbons (Fsp3) is 0.588. The summed E-state index contributed by atoms with van der Waals surface area (Å²) in [6.07, 6.45) is 2.18. The normalized spacial score (nSPS) is 24.6. The van der Waals surface area contributed by atoms with Gasteiger partial charge in [0.2, 0.25) is 5.91 Å². The molecular formula is C17H23FN2O. The molecule has 0 N–H and O–H groups in total. The van der Waals surface area contributed by atoms with Crippen molar-refractivity contribution in [3.63, 3.8) is 0 Å². The third-order valence-electron chi connectivity index (χ3n) is 5.10. The van der Waals surface area contributed by atoms with Crippen molar-refractivity contribution >= 4 is 11.6 Å². The number of nitrogens with zero attached hydrogens (tertiary/aromatic N) is 2. The highest BCUT2D eigenvalue weighted by atomic mass is 19.1. The molecule has 2 aliphatic rings. The van der Waals surface area contributed by atoms with Crippen LogP contribution in [0.2, 0.25) is 0 Å². The molecule has 1 amide bonds. The predicted molar refractivity (Wildman–Crippen MR) is 81.7 cm³/mol. The van der Waals surface area contributed by atoms with Gasteiger partial charge in [0.05, 0.1) is 0 Å². The molecule has 1 unspecified atom stereocenters. The monoisotopic (exact) mass is 290 g/mol. The average Bonchev–Trinajstić information content (AvgIpc) is 2.47. The third-order valence-corrected chi connectivity index (χ3v) is 5.10. The van der Waals surface area contributed by atoms with E-state index in [4.69, 9.17) is 0 Å². The minimum Gasteiger partial charge on any atom is -0.368 e. The first kappa shape index (κ1) is 14.4. The highest BCUT2D eigenvalue weighted by Crippen LogP contribution is 2.46. The molecule has 1 aliphatic heterocycles. The number of rotatable bonds is 2. The van der Waals surface area contributed by atoms with Gasteiger partial charge in [-0.2, -0.15) is 0 Å². The molecule has 1 aliphatic carbocycles. The second-order valence-electron chi connectivity index (χ2n) is 6.87. The van der Waals surface area contributed by atoms with Crippen molar-refractivity contribution in [2.24, 2.45) is 11.3 Å². The second kappa shape index (κ2) is 5.32. The quantitative estimate of drug-likeness (QED) is 0.836. The average molecular weight is 290 g/mol. The van der Waals surface area contributed by atoms with Gasteiger partial charge in [-0.15, -0.1) is 0 Å². The predicted octanol–water partition coefficient (Wildman–Crippen LogP) is 2.91. The number of hydrogen-bond acceptors (Lipinski definition) is 2. The van der Waals surface area contributed by atoms with Crippen molar-refractivity contribution in [2.75, 3.05) is 31.1 Å². The van der Waals surface area contributed by atoms with Crippen LogP contribution in [-0.2, 0) is 4.79 Å². The summed E-state index contributed by atoms with van der Waals surface area (Å²) in [6.45, 7) is 7.56. The number of anilines is 1. The molecule has 1 saturated carbocycles. The number of halogens is 1. The van der Waals surface area contributed by atoms with Crippen LogP contribution < -0.4 is 4.90 Å². The molecule has 1 atom stereocenters. The number of piperazine rings is 1. The van der Waals surface area contributed by atoms with E-state index in [1.165, 1.54) is 12.1 Å². The van der Waals surface area contributed by atoms with Gasteiger partial charge >= 0.3 is 0 Å². The molecule has 2 fully saturated rings. The van der Waals surface area contributed by atoms with Crippen LogP contribution in [0.4, 0.5) is 10.1 Å². The van der Waals surface area contributed by atoms with E-state index in [1.54, 1.807) is 0 Å². The van der Waals surface area contributed by atoms with Gasteiger partial charge in [-0.05, 0) is 42.5 Å². The second-order valence-corrected chi connectivity index (χ2v) is 6.87. The zero-order chi connectivity index (χ0) is 15.0. The smallest absolute Gasteiger partial charge is 0.226 e. The Balaban J connectivity index is 1.58. The summed E-state index contributed by atoms with van der Waals surface area (Å²) in [4.78, 5) is 16.8. The molecule has 1 saturated heterocycles. The van der Waals surface area contributed by atoms with Crippen molar-refractivity contribution in [3.05, 3.63) is 30.1 Å². The summed E-state index contributed by atoms with van der Waals surface area (Å²) >= 11 is 0. The molecule has 0 aromatic heterocycles. The maximum Gasteiger partial charge on any atom is 0.226 e. The summed E-state index contributed by atoms with van der Waals surface area (Å²) in [5, 5.41) is 0. The van der Waals surface area contributed by atoms with E-state index in [-0.39, 0.29) is 17.2 Å². The zero-order valence-corrected chi connectivity index (χ0v) is 12.8. The summed E-state index contributed by atoms with van der Waals surface area (Å²) in [6, 6.07) is 6.59. The molecule has 1 heterocycles. The number of hydrogen-bond donors (Lipinski definition) is 0. The SMILES string of the molecule is CC1(C)CCC1C(=O)N1CCN(c2ccc(F)cc2)CC1. The van der Waals surface area contributed by atoms with Crippen LogP contribution in [0.3, 0.4) is 0 Å². The summed E-state index contributed by atoms with van der Waals surface area (Å²) in [7, 11) is 0. The van der Waals surface area contributed by atoms with Gasteiger partial charge in [0.1, 0.15) is 5.82 Å². The van der Waals surface area contributed by atoms with Crippen LogP contribution in [-0.4, -0.2) is 37.0 Å². The first-order chi connectivity index (χ1) is 9.97. The van der Waals surface area contributed by atoms with Crippen LogP contribution in [0.1, 0.15) is 26.7 Å². The van der Waals surface area contributed by atoms with Gasteiger partial charge in [-0.3, -0.25) is 4.79 Å². The van der Waals surface area contributed by atoms with Crippen LogP contribution in [0, 0.1) is 17.2 Å². The molecule has 114 valence electrons. The van der Waals surface area contributed by atoms with E-state index in [0.29, 0.717) is 5.91 Å². The first-order valence-electron chi connectivity index (χ1n) is 7.77. The van der Waals surface area contributed by atoms with Crippen molar-refractivity contribution in [2.45, 2.75) is 26.7 Å². The van der Waals surface area contributed by atoms with E-state index < -0.39 is 0 Å². The topological polar surface area (TPSA) is 23.6 Å². The van der Waals surface area contributed by atoms with E-state index in [9.17, 15) is 9.18 Å². The Labute approximate surface area is 125 Å². The maximum absolute atomic E-state index is 13.0. The van der Waals surface area contributed by atoms with Gasteiger partial charge in [0, 0.05) is 37.8 Å². The highest BCUT2D eigenvalue weighted by Gasteiger charge is 2.45. The van der Waals surface area contributed by atoms with Crippen LogP contribution >= 0.6 is 0 Å². The molecule has 4 heteroatoms. The van der Waals surface area contributed by atoms with E-state index in [0.717, 1.165) is 44.7 Å². The Morgan fingerprint density at radius 3 is 2.24 bits per heavy atom. The minimum atomic E-state index is -0.209. The lowest BCUT2D eigenvalue weighted by Gasteiger charge is -2.47. The standard InChI is InChI=1S/C17H23FN2O/c1-17(2)8-7-15(17)16(21)20-11-9-19(10-12-20)14-5-3-13(18)4-6-14/h3-6,15H,7-12H2,1-2H3. The Hall–Kier alpha value is -1.58. The zero-order valence-electron chi connectivity index (χ0n) is 12.8. The molecule has 3 nitrogen and oxygen atoms in total. The minimum absolute atomic E-state index is 0.172. The largest absolute Gasteiger partial charge is 0.368 e. The third kappa shape index (κ3) is 2.76. The van der Waals surface area contributed by atoms with Gasteiger partial charge in [0.15, 0.2) is 0 Å². The van der Waals surface area contributed by atoms with Crippen LogP contribution in [0.5, 0.6) is 0 Å². The van der Waals surface area contributed by atoms with Gasteiger partial charge in [-0.25, -0.2) is 4.39 Å². The van der Waals surface area contributed by atoms with E-state index >= 15 is 0 Å². The number of benzene rings is 1. The van der Waals surface area contributed by atoms with E-state index in [1.807, 2.05) is 17.0 Å². The lowest BCUT2D eigenvalue weighted by atomic mass is 9.62. The Kier molecular flexibility index (Phi) is 3.64. The van der Waals surface area contributed by atoms with Crippen molar-refractivity contribution in [1.29, 1.82) is 0 Å². The number of carbonyl (C=O) groups excluding carboxylic acids is 1. The Bertz CT molecular complexity index is 518. The molecule has 0 bridgehead atoms. The maximum atomic E-state index is 13.0. The van der Waals surface area contributed by atoms with Crippen molar-refractivity contribution in [1.82, 2.24) is 4.90 Å². The highest BCUT2D eigenvalue weighted by molar-refractivity contribution is 5.81. The van der Waals surface area contributed by atoms with Crippen LogP contribution in [0.25, 0.3) is 0 Å². The summed E-state index contributed by atoms with van der Waals surface area (Å²) in [5.41, 5.74) is 1.21. The molecule has 1 aromatic carbocycles. The fourth-order valence-corrected chi connectivity index (χ4v) is 3.38. The van der Waals surface area contributed by atoms with Gasteiger partial charge in [0.25, 0.3) is 0 Å².